The molecular weight excluding hydrogens is 474 g/mol. The second-order valence-corrected chi connectivity index (χ2v) is 8.91. The molecule has 0 saturated carbocycles. The van der Waals surface area contributed by atoms with Crippen molar-refractivity contribution in [1.82, 2.24) is 14.5 Å². The van der Waals surface area contributed by atoms with E-state index in [0.29, 0.717) is 49.3 Å². The molecule has 0 amide bonds. The number of ketones is 1. The van der Waals surface area contributed by atoms with E-state index in [0.717, 1.165) is 11.8 Å². The van der Waals surface area contributed by atoms with Gasteiger partial charge in [-0.25, -0.2) is 9.78 Å². The molecule has 0 aliphatic rings. The van der Waals surface area contributed by atoms with Crippen LogP contribution in [0, 0.1) is 13.8 Å². The van der Waals surface area contributed by atoms with Crippen LogP contribution < -0.4 is 5.56 Å². The maximum absolute atomic E-state index is 13.4. The minimum Gasteiger partial charge on any atom is -0.462 e. The molecule has 2 aromatic carbocycles. The number of hydrogen-bond donors (Lipinski definition) is 1. The summed E-state index contributed by atoms with van der Waals surface area (Å²) < 4.78 is 6.54. The van der Waals surface area contributed by atoms with Crippen molar-refractivity contribution in [2.24, 2.45) is 0 Å². The Morgan fingerprint density at radius 2 is 1.82 bits per heavy atom. The number of para-hydroxylation sites is 2. The highest BCUT2D eigenvalue weighted by molar-refractivity contribution is 7.99. The summed E-state index contributed by atoms with van der Waals surface area (Å²) in [5.74, 6) is -0.698. The van der Waals surface area contributed by atoms with E-state index in [4.69, 9.17) is 16.3 Å². The van der Waals surface area contributed by atoms with Crippen molar-refractivity contribution in [3.8, 4) is 5.69 Å². The second-order valence-electron chi connectivity index (χ2n) is 7.56. The highest BCUT2D eigenvalue weighted by Gasteiger charge is 2.24. The van der Waals surface area contributed by atoms with Gasteiger partial charge in [0.2, 0.25) is 0 Å². The Morgan fingerprint density at radius 1 is 1.12 bits per heavy atom. The summed E-state index contributed by atoms with van der Waals surface area (Å²) in [5, 5.41) is 1.19. The standard InChI is InChI=1S/C25H22ClN3O4S/c1-4-33-24(32)21-14(2)22(27-15(21)3)20(30)13-34-25-28-18-11-7-5-9-16(18)23(31)29(25)19-12-8-6-10-17(19)26/h5-12,27H,4,13H2,1-3H3. The molecule has 7 nitrogen and oxygen atoms in total. The molecule has 0 radical (unpaired) electrons. The van der Waals surface area contributed by atoms with Crippen molar-refractivity contribution in [2.45, 2.75) is 25.9 Å². The lowest BCUT2D eigenvalue weighted by Crippen LogP contribution is -2.22. The third-order valence-corrected chi connectivity index (χ3v) is 6.62. The number of aromatic nitrogens is 3. The Morgan fingerprint density at radius 3 is 2.56 bits per heavy atom. The quantitative estimate of drug-likeness (QED) is 0.165. The molecule has 0 aliphatic carbocycles. The van der Waals surface area contributed by atoms with E-state index >= 15 is 0 Å². The molecular formula is C25H22ClN3O4S. The summed E-state index contributed by atoms with van der Waals surface area (Å²) in [5.41, 5.74) is 2.55. The fraction of sp³-hybridized carbons (Fsp3) is 0.200. The van der Waals surface area contributed by atoms with Gasteiger partial charge < -0.3 is 9.72 Å². The number of carbonyl (C=O) groups excluding carboxylic acids is 2. The van der Waals surface area contributed by atoms with Gasteiger partial charge in [0, 0.05) is 5.69 Å². The maximum Gasteiger partial charge on any atom is 0.340 e. The highest BCUT2D eigenvalue weighted by atomic mass is 35.5. The summed E-state index contributed by atoms with van der Waals surface area (Å²) in [6.45, 7) is 5.41. The first-order chi connectivity index (χ1) is 16.3. The van der Waals surface area contributed by atoms with Gasteiger partial charge in [0.1, 0.15) is 0 Å². The van der Waals surface area contributed by atoms with E-state index in [9.17, 15) is 14.4 Å². The Labute approximate surface area is 205 Å². The Kier molecular flexibility index (Phi) is 6.90. The van der Waals surface area contributed by atoms with Crippen molar-refractivity contribution >= 4 is 46.0 Å². The van der Waals surface area contributed by atoms with Crippen molar-refractivity contribution in [2.75, 3.05) is 12.4 Å². The number of aromatic amines is 1. The van der Waals surface area contributed by atoms with Crippen LogP contribution in [0.4, 0.5) is 0 Å². The Bertz CT molecular complexity index is 1480. The molecule has 0 spiro atoms. The third-order valence-electron chi connectivity index (χ3n) is 5.37. The number of nitrogens with zero attached hydrogens (tertiary/aromatic N) is 2. The van der Waals surface area contributed by atoms with Crippen LogP contribution in [0.2, 0.25) is 5.02 Å². The van der Waals surface area contributed by atoms with Crippen molar-refractivity contribution in [3.63, 3.8) is 0 Å². The van der Waals surface area contributed by atoms with Gasteiger partial charge in [-0.05, 0) is 50.6 Å². The molecule has 9 heteroatoms. The molecule has 2 heterocycles. The SMILES string of the molecule is CCOC(=O)c1c(C)[nH]c(C(=O)CSc2nc3ccccc3c(=O)n2-c2ccccc2Cl)c1C. The van der Waals surface area contributed by atoms with Gasteiger partial charge in [0.05, 0.1) is 45.2 Å². The predicted octanol–water partition coefficient (Wildman–Crippen LogP) is 5.14. The molecule has 4 aromatic rings. The van der Waals surface area contributed by atoms with Crippen LogP contribution in [0.5, 0.6) is 0 Å². The van der Waals surface area contributed by atoms with Crippen LogP contribution >= 0.6 is 23.4 Å². The first kappa shape index (κ1) is 23.8. The van der Waals surface area contributed by atoms with Gasteiger partial charge in [-0.3, -0.25) is 14.2 Å². The van der Waals surface area contributed by atoms with E-state index in [1.165, 1.54) is 4.57 Å². The number of aryl methyl sites for hydroxylation is 1. The van der Waals surface area contributed by atoms with Gasteiger partial charge in [-0.15, -0.1) is 0 Å². The number of esters is 1. The number of fused-ring (bicyclic) bond motifs is 1. The number of H-pyrrole nitrogens is 1. The fourth-order valence-corrected chi connectivity index (χ4v) is 4.89. The monoisotopic (exact) mass is 495 g/mol. The van der Waals surface area contributed by atoms with Crippen LogP contribution in [0.25, 0.3) is 16.6 Å². The number of ether oxygens (including phenoxy) is 1. The molecule has 0 bridgehead atoms. The lowest BCUT2D eigenvalue weighted by atomic mass is 10.1. The molecule has 4 rings (SSSR count). The van der Waals surface area contributed by atoms with E-state index < -0.39 is 5.97 Å². The largest absolute Gasteiger partial charge is 0.462 e. The van der Waals surface area contributed by atoms with Crippen molar-refractivity contribution in [1.29, 1.82) is 0 Å². The molecule has 0 saturated heterocycles. The van der Waals surface area contributed by atoms with Crippen LogP contribution in [-0.2, 0) is 4.74 Å². The summed E-state index contributed by atoms with van der Waals surface area (Å²) in [7, 11) is 0. The molecule has 0 atom stereocenters. The molecule has 2 aromatic heterocycles. The van der Waals surface area contributed by atoms with Crippen molar-refractivity contribution in [3.05, 3.63) is 86.4 Å². The average molecular weight is 496 g/mol. The zero-order chi connectivity index (χ0) is 24.4. The van der Waals surface area contributed by atoms with Crippen molar-refractivity contribution < 1.29 is 14.3 Å². The topological polar surface area (TPSA) is 94.1 Å². The van der Waals surface area contributed by atoms with Gasteiger partial charge in [0.15, 0.2) is 10.9 Å². The molecule has 174 valence electrons. The van der Waals surface area contributed by atoms with E-state index in [1.54, 1.807) is 69.3 Å². The van der Waals surface area contributed by atoms with Gasteiger partial charge in [0.25, 0.3) is 5.56 Å². The first-order valence-corrected chi connectivity index (χ1v) is 12.0. The molecule has 0 aliphatic heterocycles. The summed E-state index contributed by atoms with van der Waals surface area (Å²) >= 11 is 7.53. The van der Waals surface area contributed by atoms with E-state index in [-0.39, 0.29) is 23.7 Å². The molecule has 1 N–H and O–H groups in total. The van der Waals surface area contributed by atoms with Gasteiger partial charge >= 0.3 is 5.97 Å². The zero-order valence-corrected chi connectivity index (χ0v) is 20.4. The van der Waals surface area contributed by atoms with E-state index in [2.05, 4.69) is 9.97 Å². The van der Waals surface area contributed by atoms with Crippen LogP contribution in [0.15, 0.2) is 58.5 Å². The lowest BCUT2D eigenvalue weighted by molar-refractivity contribution is 0.0525. The lowest BCUT2D eigenvalue weighted by Gasteiger charge is -2.14. The maximum atomic E-state index is 13.4. The van der Waals surface area contributed by atoms with Crippen LogP contribution in [-0.4, -0.2) is 38.6 Å². The molecule has 0 fully saturated rings. The Hall–Kier alpha value is -3.36. The molecule has 34 heavy (non-hydrogen) atoms. The normalized spacial score (nSPS) is 11.1. The number of nitrogens with one attached hydrogen (secondary N) is 1. The van der Waals surface area contributed by atoms with Crippen LogP contribution in [0.3, 0.4) is 0 Å². The average Bonchev–Trinajstić information content (AvgIpc) is 3.12. The zero-order valence-electron chi connectivity index (χ0n) is 18.8. The number of Topliss-reactive ketones (excluding diaryl/α,β-unsaturated/α-hetero) is 1. The number of benzene rings is 2. The molecule has 0 unspecified atom stereocenters. The van der Waals surface area contributed by atoms with Gasteiger partial charge in [-0.1, -0.05) is 47.6 Å². The van der Waals surface area contributed by atoms with E-state index in [1.807, 2.05) is 0 Å². The number of carbonyl (C=O) groups is 2. The number of rotatable bonds is 7. The number of thioether (sulfide) groups is 1. The minimum atomic E-state index is -0.468. The summed E-state index contributed by atoms with van der Waals surface area (Å²) in [4.78, 5) is 46.4. The first-order valence-electron chi connectivity index (χ1n) is 10.6. The fourth-order valence-electron chi connectivity index (χ4n) is 3.80. The van der Waals surface area contributed by atoms with Crippen LogP contribution in [0.1, 0.15) is 39.0 Å². The highest BCUT2D eigenvalue weighted by Crippen LogP contribution is 2.27. The number of hydrogen-bond acceptors (Lipinski definition) is 6. The second kappa shape index (κ2) is 9.87. The summed E-state index contributed by atoms with van der Waals surface area (Å²) in [6, 6.07) is 14.0. The summed E-state index contributed by atoms with van der Waals surface area (Å²) in [6.07, 6.45) is 0. The Balaban J connectivity index is 1.72. The third kappa shape index (κ3) is 4.38. The minimum absolute atomic E-state index is 0.00169. The number of halogens is 1. The predicted molar refractivity (Wildman–Crippen MR) is 134 cm³/mol. The smallest absolute Gasteiger partial charge is 0.340 e. The van der Waals surface area contributed by atoms with Gasteiger partial charge in [-0.2, -0.15) is 0 Å².